The molecule has 0 aliphatic rings. The zero-order valence-electron chi connectivity index (χ0n) is 4.90. The van der Waals surface area contributed by atoms with Crippen molar-refractivity contribution in [3.63, 3.8) is 0 Å². The summed E-state index contributed by atoms with van der Waals surface area (Å²) in [5, 5.41) is 0.188. The molecule has 8 heavy (non-hydrogen) atoms. The van der Waals surface area contributed by atoms with Crippen LogP contribution in [0.15, 0.2) is 12.7 Å². The average Bonchev–Trinajstić information content (AvgIpc) is 1.67. The van der Waals surface area contributed by atoms with Gasteiger partial charge in [0.05, 0.1) is 0 Å². The van der Waals surface area contributed by atoms with Crippen molar-refractivity contribution < 1.29 is 0 Å². The maximum absolute atomic E-state index is 5.80. The minimum atomic E-state index is 0.188. The van der Waals surface area contributed by atoms with E-state index >= 15 is 0 Å². The lowest BCUT2D eigenvalue weighted by atomic mass is 10.2. The molecule has 0 N–H and O–H groups in total. The predicted molar refractivity (Wildman–Crippen MR) is 42.8 cm³/mol. The first kappa shape index (κ1) is 8.51. The molecule has 0 fully saturated rings. The van der Waals surface area contributed by atoms with E-state index < -0.39 is 0 Å². The monoisotopic (exact) mass is 196 g/mol. The van der Waals surface area contributed by atoms with Gasteiger partial charge in [0.2, 0.25) is 0 Å². The highest BCUT2D eigenvalue weighted by atomic mass is 79.9. The van der Waals surface area contributed by atoms with Crippen molar-refractivity contribution in [3.8, 4) is 0 Å². The normalized spacial score (nSPS) is 17.4. The maximum Gasteiger partial charge on any atom is 0.0492 e. The summed E-state index contributed by atoms with van der Waals surface area (Å²) in [6.45, 7) is 5.61. The van der Waals surface area contributed by atoms with Gasteiger partial charge in [0.15, 0.2) is 0 Å². The van der Waals surface area contributed by atoms with Crippen LogP contribution in [0.2, 0.25) is 0 Å². The van der Waals surface area contributed by atoms with E-state index in [2.05, 4.69) is 22.5 Å². The van der Waals surface area contributed by atoms with Crippen LogP contribution in [0.4, 0.5) is 0 Å². The van der Waals surface area contributed by atoms with Gasteiger partial charge in [-0.15, -0.1) is 18.2 Å². The fourth-order valence-electron chi connectivity index (χ4n) is 0.347. The van der Waals surface area contributed by atoms with Crippen molar-refractivity contribution in [1.29, 1.82) is 0 Å². The van der Waals surface area contributed by atoms with Crippen LogP contribution in [0.5, 0.6) is 0 Å². The Hall–Kier alpha value is 0.510. The zero-order chi connectivity index (χ0) is 6.57. The van der Waals surface area contributed by atoms with E-state index in [9.17, 15) is 0 Å². The fraction of sp³-hybridized carbons (Fsp3) is 0.667. The minimum absolute atomic E-state index is 0.188. The molecule has 0 aliphatic heterocycles. The molecule has 2 atom stereocenters. The Balaban J connectivity index is 3.30. The van der Waals surface area contributed by atoms with Gasteiger partial charge in [0, 0.05) is 10.2 Å². The Labute approximate surface area is 64.0 Å². The molecule has 0 bridgehead atoms. The van der Waals surface area contributed by atoms with Gasteiger partial charge in [-0.1, -0.05) is 28.9 Å². The highest BCUT2D eigenvalue weighted by Gasteiger charge is 2.07. The van der Waals surface area contributed by atoms with E-state index in [1.54, 1.807) is 0 Å². The van der Waals surface area contributed by atoms with Gasteiger partial charge in [-0.3, -0.25) is 0 Å². The summed E-state index contributed by atoms with van der Waals surface area (Å²) in [6.07, 6.45) is 2.70. The standard InChI is InChI=1S/C6H10BrCl/c1-3-4-6(8)5(2)7/h3,5-6H,1,4H2,2H3. The van der Waals surface area contributed by atoms with Gasteiger partial charge in [0.25, 0.3) is 0 Å². The van der Waals surface area contributed by atoms with Crippen LogP contribution in [0, 0.1) is 0 Å². The van der Waals surface area contributed by atoms with Crippen molar-refractivity contribution >= 4 is 27.5 Å². The number of hydrogen-bond donors (Lipinski definition) is 0. The SMILES string of the molecule is C=CCC(Cl)C(C)Br. The molecule has 0 heterocycles. The number of allylic oxidation sites excluding steroid dienone is 1. The summed E-state index contributed by atoms with van der Waals surface area (Å²) in [5.41, 5.74) is 0. The molecular formula is C6H10BrCl. The van der Waals surface area contributed by atoms with E-state index in [0.29, 0.717) is 4.83 Å². The van der Waals surface area contributed by atoms with Crippen LogP contribution in [-0.2, 0) is 0 Å². The van der Waals surface area contributed by atoms with Crippen molar-refractivity contribution in [2.24, 2.45) is 0 Å². The smallest absolute Gasteiger partial charge is 0.0492 e. The molecule has 0 aromatic rings. The van der Waals surface area contributed by atoms with Crippen LogP contribution in [0.1, 0.15) is 13.3 Å². The largest absolute Gasteiger partial charge is 0.121 e. The van der Waals surface area contributed by atoms with Crippen LogP contribution in [0.25, 0.3) is 0 Å². The Morgan fingerprint density at radius 1 is 1.88 bits per heavy atom. The third kappa shape index (κ3) is 3.50. The summed E-state index contributed by atoms with van der Waals surface area (Å²) in [5.74, 6) is 0. The number of hydrogen-bond acceptors (Lipinski definition) is 0. The minimum Gasteiger partial charge on any atom is -0.121 e. The maximum atomic E-state index is 5.80. The number of halogens is 2. The summed E-state index contributed by atoms with van der Waals surface area (Å²) < 4.78 is 0. The molecule has 48 valence electrons. The highest BCUT2D eigenvalue weighted by Crippen LogP contribution is 2.14. The predicted octanol–water partition coefficient (Wildman–Crippen LogP) is 2.95. The van der Waals surface area contributed by atoms with Gasteiger partial charge in [-0.05, 0) is 6.42 Å². The lowest BCUT2D eigenvalue weighted by Crippen LogP contribution is -2.07. The zero-order valence-corrected chi connectivity index (χ0v) is 7.24. The van der Waals surface area contributed by atoms with E-state index in [4.69, 9.17) is 11.6 Å². The molecule has 2 heteroatoms. The van der Waals surface area contributed by atoms with Crippen molar-refractivity contribution in [3.05, 3.63) is 12.7 Å². The molecule has 2 unspecified atom stereocenters. The molecule has 0 nitrogen and oxygen atoms in total. The summed E-state index contributed by atoms with van der Waals surface area (Å²) in [7, 11) is 0. The van der Waals surface area contributed by atoms with E-state index in [0.717, 1.165) is 6.42 Å². The van der Waals surface area contributed by atoms with Gasteiger partial charge in [0.1, 0.15) is 0 Å². The van der Waals surface area contributed by atoms with Crippen molar-refractivity contribution in [2.75, 3.05) is 0 Å². The Kier molecular flexibility index (Phi) is 4.68. The molecule has 0 aromatic carbocycles. The van der Waals surface area contributed by atoms with Crippen molar-refractivity contribution in [1.82, 2.24) is 0 Å². The van der Waals surface area contributed by atoms with E-state index in [1.807, 2.05) is 13.0 Å². The molecule has 0 rings (SSSR count). The lowest BCUT2D eigenvalue weighted by molar-refractivity contribution is 0.855. The first-order valence-electron chi connectivity index (χ1n) is 2.57. The first-order chi connectivity index (χ1) is 3.68. The van der Waals surface area contributed by atoms with E-state index in [1.165, 1.54) is 0 Å². The third-order valence-corrected chi connectivity index (χ3v) is 2.39. The fourth-order valence-corrected chi connectivity index (χ4v) is 0.689. The Bertz CT molecular complexity index is 70.9. The topological polar surface area (TPSA) is 0 Å². The highest BCUT2D eigenvalue weighted by molar-refractivity contribution is 9.09. The molecule has 0 aromatic heterocycles. The van der Waals surface area contributed by atoms with Gasteiger partial charge >= 0.3 is 0 Å². The summed E-state index contributed by atoms with van der Waals surface area (Å²) >= 11 is 9.16. The molecule has 0 spiro atoms. The quantitative estimate of drug-likeness (QED) is 0.482. The molecule has 0 aliphatic carbocycles. The lowest BCUT2D eigenvalue weighted by Gasteiger charge is -2.06. The molecule has 0 radical (unpaired) electrons. The second kappa shape index (κ2) is 4.39. The second-order valence-electron chi connectivity index (χ2n) is 1.72. The average molecular weight is 198 g/mol. The van der Waals surface area contributed by atoms with E-state index in [-0.39, 0.29) is 5.38 Å². The van der Waals surface area contributed by atoms with Gasteiger partial charge in [-0.25, -0.2) is 0 Å². The summed E-state index contributed by atoms with van der Waals surface area (Å²) in [6, 6.07) is 0. The first-order valence-corrected chi connectivity index (χ1v) is 3.92. The Morgan fingerprint density at radius 3 is 2.50 bits per heavy atom. The van der Waals surface area contributed by atoms with Gasteiger partial charge in [-0.2, -0.15) is 0 Å². The molecule has 0 amide bonds. The van der Waals surface area contributed by atoms with Crippen LogP contribution in [-0.4, -0.2) is 10.2 Å². The Morgan fingerprint density at radius 2 is 2.38 bits per heavy atom. The van der Waals surface area contributed by atoms with Gasteiger partial charge < -0.3 is 0 Å². The molecule has 0 saturated heterocycles. The van der Waals surface area contributed by atoms with Crippen LogP contribution < -0.4 is 0 Å². The van der Waals surface area contributed by atoms with Crippen LogP contribution >= 0.6 is 27.5 Å². The molecular weight excluding hydrogens is 187 g/mol. The second-order valence-corrected chi connectivity index (χ2v) is 3.72. The number of rotatable bonds is 3. The third-order valence-electron chi connectivity index (χ3n) is 0.890. The number of alkyl halides is 2. The summed E-state index contributed by atoms with van der Waals surface area (Å²) in [4.78, 5) is 0.377. The van der Waals surface area contributed by atoms with Crippen LogP contribution in [0.3, 0.4) is 0 Å². The molecule has 0 saturated carbocycles. The van der Waals surface area contributed by atoms with Crippen molar-refractivity contribution in [2.45, 2.75) is 23.5 Å².